The lowest BCUT2D eigenvalue weighted by Crippen LogP contribution is -2.01. The van der Waals surface area contributed by atoms with Crippen molar-refractivity contribution in [1.82, 2.24) is 0 Å². The zero-order valence-corrected chi connectivity index (χ0v) is 11.0. The van der Waals surface area contributed by atoms with Crippen LogP contribution in [0.5, 0.6) is 17.2 Å². The molecule has 0 spiro atoms. The molecule has 0 aliphatic carbocycles. The number of nitrogens with zero attached hydrogens (tertiary/aromatic N) is 1. The van der Waals surface area contributed by atoms with Crippen LogP contribution in [0.4, 0.5) is 4.39 Å². The molecule has 0 saturated heterocycles. The Hall–Kier alpha value is -3.07. The number of nitriles is 1. The summed E-state index contributed by atoms with van der Waals surface area (Å²) in [5, 5.41) is 17.9. The lowest BCUT2D eigenvalue weighted by molar-refractivity contribution is 0.0693. The number of hydrogen-bond donors (Lipinski definition) is 1. The molecule has 0 bridgehead atoms. The lowest BCUT2D eigenvalue weighted by atomic mass is 10.2. The van der Waals surface area contributed by atoms with Crippen molar-refractivity contribution in [2.45, 2.75) is 0 Å². The van der Waals surface area contributed by atoms with Crippen molar-refractivity contribution in [2.75, 3.05) is 7.11 Å². The second-order valence-electron chi connectivity index (χ2n) is 4.03. The van der Waals surface area contributed by atoms with E-state index in [1.54, 1.807) is 0 Å². The smallest absolute Gasteiger partial charge is 0.339 e. The Morgan fingerprint density at radius 1 is 1.19 bits per heavy atom. The molecular weight excluding hydrogens is 277 g/mol. The second kappa shape index (κ2) is 5.92. The average Bonchev–Trinajstić information content (AvgIpc) is 2.49. The third kappa shape index (κ3) is 3.09. The molecule has 0 aliphatic heterocycles. The van der Waals surface area contributed by atoms with Gasteiger partial charge in [-0.15, -0.1) is 0 Å². The Morgan fingerprint density at radius 3 is 2.52 bits per heavy atom. The molecule has 0 aliphatic rings. The highest BCUT2D eigenvalue weighted by Crippen LogP contribution is 2.34. The molecule has 6 heteroatoms. The summed E-state index contributed by atoms with van der Waals surface area (Å²) >= 11 is 0. The van der Waals surface area contributed by atoms with Gasteiger partial charge in [-0.25, -0.2) is 9.18 Å². The average molecular weight is 287 g/mol. The van der Waals surface area contributed by atoms with Gasteiger partial charge in [0.2, 0.25) is 0 Å². The second-order valence-corrected chi connectivity index (χ2v) is 4.03. The van der Waals surface area contributed by atoms with Crippen LogP contribution in [0.3, 0.4) is 0 Å². The van der Waals surface area contributed by atoms with Crippen molar-refractivity contribution in [1.29, 1.82) is 5.26 Å². The van der Waals surface area contributed by atoms with Gasteiger partial charge in [0.25, 0.3) is 0 Å². The molecule has 0 amide bonds. The van der Waals surface area contributed by atoms with Crippen LogP contribution >= 0.6 is 0 Å². The summed E-state index contributed by atoms with van der Waals surface area (Å²) < 4.78 is 23.7. The van der Waals surface area contributed by atoms with Gasteiger partial charge in [0.1, 0.15) is 17.1 Å². The number of methoxy groups -OCH3 is 1. The Labute approximate surface area is 119 Å². The van der Waals surface area contributed by atoms with Crippen LogP contribution < -0.4 is 9.47 Å². The molecule has 1 N–H and O–H groups in total. The third-order valence-electron chi connectivity index (χ3n) is 2.68. The molecule has 0 radical (unpaired) electrons. The van der Waals surface area contributed by atoms with Gasteiger partial charge in [0, 0.05) is 6.07 Å². The first-order valence-corrected chi connectivity index (χ1v) is 5.84. The third-order valence-corrected chi connectivity index (χ3v) is 2.68. The van der Waals surface area contributed by atoms with Gasteiger partial charge < -0.3 is 14.6 Å². The summed E-state index contributed by atoms with van der Waals surface area (Å²) in [5.74, 6) is -1.50. The first-order chi connectivity index (χ1) is 10.0. The van der Waals surface area contributed by atoms with E-state index in [1.165, 1.54) is 31.4 Å². The predicted molar refractivity (Wildman–Crippen MR) is 71.1 cm³/mol. The number of carboxylic acids is 1. The van der Waals surface area contributed by atoms with Gasteiger partial charge in [-0.2, -0.15) is 5.26 Å². The first-order valence-electron chi connectivity index (χ1n) is 5.84. The summed E-state index contributed by atoms with van der Waals surface area (Å²) in [6, 6.07) is 9.57. The Kier molecular flexibility index (Phi) is 4.05. The minimum atomic E-state index is -1.31. The van der Waals surface area contributed by atoms with Crippen LogP contribution in [0.15, 0.2) is 36.4 Å². The van der Waals surface area contributed by atoms with Gasteiger partial charge in [0.15, 0.2) is 11.5 Å². The minimum Gasteiger partial charge on any atom is -0.493 e. The van der Waals surface area contributed by atoms with E-state index in [0.717, 1.165) is 12.1 Å². The molecule has 0 heterocycles. The number of hydrogen-bond acceptors (Lipinski definition) is 4. The molecule has 2 aromatic carbocycles. The van der Waals surface area contributed by atoms with Crippen LogP contribution in [-0.4, -0.2) is 18.2 Å². The number of rotatable bonds is 4. The van der Waals surface area contributed by atoms with Crippen LogP contribution in [-0.2, 0) is 0 Å². The molecule has 0 fully saturated rings. The highest BCUT2D eigenvalue weighted by molar-refractivity contribution is 5.91. The van der Waals surface area contributed by atoms with E-state index in [4.69, 9.17) is 19.8 Å². The van der Waals surface area contributed by atoms with Gasteiger partial charge in [-0.1, -0.05) is 0 Å². The zero-order valence-electron chi connectivity index (χ0n) is 11.0. The minimum absolute atomic E-state index is 0.0214. The SMILES string of the molecule is COc1cc(C#N)ccc1Oc1ccc(F)cc1C(=O)O. The van der Waals surface area contributed by atoms with Crippen molar-refractivity contribution >= 4 is 5.97 Å². The van der Waals surface area contributed by atoms with E-state index in [1.807, 2.05) is 6.07 Å². The molecule has 0 saturated carbocycles. The van der Waals surface area contributed by atoms with Gasteiger partial charge in [0.05, 0.1) is 18.7 Å². The van der Waals surface area contributed by atoms with E-state index < -0.39 is 11.8 Å². The zero-order chi connectivity index (χ0) is 15.4. The maximum Gasteiger partial charge on any atom is 0.339 e. The van der Waals surface area contributed by atoms with Crippen molar-refractivity contribution in [2.24, 2.45) is 0 Å². The number of carbonyl (C=O) groups is 1. The Balaban J connectivity index is 2.43. The highest BCUT2D eigenvalue weighted by atomic mass is 19.1. The number of carboxylic acid groups (broad SMARTS) is 1. The van der Waals surface area contributed by atoms with Crippen molar-refractivity contribution < 1.29 is 23.8 Å². The standard InChI is InChI=1S/C15H10FNO4/c1-20-14-6-9(8-17)2-4-13(14)21-12-5-3-10(16)7-11(12)15(18)19/h2-7H,1H3,(H,18,19). The molecule has 0 unspecified atom stereocenters. The molecule has 2 rings (SSSR count). The number of benzene rings is 2. The fraction of sp³-hybridized carbons (Fsp3) is 0.0667. The number of ether oxygens (including phenoxy) is 2. The number of aromatic carboxylic acids is 1. The van der Waals surface area contributed by atoms with E-state index in [-0.39, 0.29) is 22.8 Å². The summed E-state index contributed by atoms with van der Waals surface area (Å²) in [4.78, 5) is 11.1. The summed E-state index contributed by atoms with van der Waals surface area (Å²) in [6.07, 6.45) is 0. The summed E-state index contributed by atoms with van der Waals surface area (Å²) in [7, 11) is 1.39. The number of halogens is 1. The molecule has 21 heavy (non-hydrogen) atoms. The predicted octanol–water partition coefficient (Wildman–Crippen LogP) is 3.20. The van der Waals surface area contributed by atoms with Crippen molar-refractivity contribution in [3.63, 3.8) is 0 Å². The highest BCUT2D eigenvalue weighted by Gasteiger charge is 2.15. The Bertz CT molecular complexity index is 737. The van der Waals surface area contributed by atoms with Crippen molar-refractivity contribution in [3.05, 3.63) is 53.3 Å². The lowest BCUT2D eigenvalue weighted by Gasteiger charge is -2.12. The monoisotopic (exact) mass is 287 g/mol. The maximum absolute atomic E-state index is 13.1. The normalized spacial score (nSPS) is 9.76. The molecule has 0 atom stereocenters. The largest absolute Gasteiger partial charge is 0.493 e. The van der Waals surface area contributed by atoms with Crippen LogP contribution in [0.1, 0.15) is 15.9 Å². The summed E-state index contributed by atoms with van der Waals surface area (Å²) in [6.45, 7) is 0. The van der Waals surface area contributed by atoms with Crippen LogP contribution in [0.25, 0.3) is 0 Å². The van der Waals surface area contributed by atoms with Gasteiger partial charge in [-0.3, -0.25) is 0 Å². The fourth-order valence-corrected chi connectivity index (χ4v) is 1.70. The van der Waals surface area contributed by atoms with Crippen LogP contribution in [0, 0.1) is 17.1 Å². The van der Waals surface area contributed by atoms with E-state index in [0.29, 0.717) is 5.56 Å². The van der Waals surface area contributed by atoms with Crippen LogP contribution in [0.2, 0.25) is 0 Å². The Morgan fingerprint density at radius 2 is 1.90 bits per heavy atom. The summed E-state index contributed by atoms with van der Waals surface area (Å²) in [5.41, 5.74) is 0.0678. The topological polar surface area (TPSA) is 79.5 Å². The fourth-order valence-electron chi connectivity index (χ4n) is 1.70. The van der Waals surface area contributed by atoms with E-state index in [2.05, 4.69) is 0 Å². The van der Waals surface area contributed by atoms with E-state index >= 15 is 0 Å². The molecule has 5 nitrogen and oxygen atoms in total. The molecule has 106 valence electrons. The first kappa shape index (κ1) is 14.3. The van der Waals surface area contributed by atoms with Crippen molar-refractivity contribution in [3.8, 4) is 23.3 Å². The van der Waals surface area contributed by atoms with E-state index in [9.17, 15) is 9.18 Å². The molecule has 2 aromatic rings. The maximum atomic E-state index is 13.1. The molecule has 0 aromatic heterocycles. The quantitative estimate of drug-likeness (QED) is 0.934. The molecular formula is C15H10FNO4. The van der Waals surface area contributed by atoms with Gasteiger partial charge in [-0.05, 0) is 30.3 Å². The van der Waals surface area contributed by atoms with Gasteiger partial charge >= 0.3 is 5.97 Å².